The van der Waals surface area contributed by atoms with Crippen LogP contribution in [0.3, 0.4) is 0 Å². The molecule has 0 aliphatic heterocycles. The van der Waals surface area contributed by atoms with Gasteiger partial charge in [0.1, 0.15) is 18.1 Å². The number of carboxylic acids is 1. The number of nitrogens with one attached hydrogen (secondary N) is 4. The molecule has 31 heavy (non-hydrogen) atoms. The smallest absolute Gasteiger partial charge is 0.326 e. The molecule has 0 fully saturated rings. The predicted molar refractivity (Wildman–Crippen MR) is 114 cm³/mol. The van der Waals surface area contributed by atoms with Gasteiger partial charge in [-0.15, -0.1) is 0 Å². The molecule has 7 N–H and O–H groups in total. The SMILES string of the molecule is CC(C)CC(NC(=O)C(C)N)C(=O)NC(C(=O)NC(Cc1cnc[nH]1)C(=O)O)C(C)C. The number of hydrogen-bond acceptors (Lipinski definition) is 6. The van der Waals surface area contributed by atoms with Gasteiger partial charge >= 0.3 is 5.97 Å². The molecule has 4 atom stereocenters. The Balaban J connectivity index is 2.91. The van der Waals surface area contributed by atoms with Gasteiger partial charge in [-0.25, -0.2) is 9.78 Å². The summed E-state index contributed by atoms with van der Waals surface area (Å²) in [4.78, 5) is 55.9. The van der Waals surface area contributed by atoms with Gasteiger partial charge in [-0.1, -0.05) is 27.7 Å². The van der Waals surface area contributed by atoms with E-state index in [0.717, 1.165) is 0 Å². The van der Waals surface area contributed by atoms with Crippen LogP contribution in [0.4, 0.5) is 0 Å². The van der Waals surface area contributed by atoms with Gasteiger partial charge in [0, 0.05) is 18.3 Å². The normalized spacial score (nSPS) is 15.1. The minimum absolute atomic E-state index is 0.0141. The van der Waals surface area contributed by atoms with Crippen LogP contribution in [0.25, 0.3) is 0 Å². The van der Waals surface area contributed by atoms with Gasteiger partial charge in [0.15, 0.2) is 0 Å². The Morgan fingerprint density at radius 1 is 1.00 bits per heavy atom. The van der Waals surface area contributed by atoms with Crippen molar-refractivity contribution in [1.29, 1.82) is 0 Å². The van der Waals surface area contributed by atoms with Gasteiger partial charge < -0.3 is 31.8 Å². The first-order chi connectivity index (χ1) is 14.4. The van der Waals surface area contributed by atoms with Gasteiger partial charge in [0.25, 0.3) is 0 Å². The molecule has 174 valence electrons. The lowest BCUT2D eigenvalue weighted by Gasteiger charge is -2.27. The van der Waals surface area contributed by atoms with Crippen molar-refractivity contribution in [2.24, 2.45) is 17.6 Å². The molecule has 3 amide bonds. The van der Waals surface area contributed by atoms with Crippen molar-refractivity contribution in [1.82, 2.24) is 25.9 Å². The van der Waals surface area contributed by atoms with Gasteiger partial charge in [0.05, 0.1) is 12.4 Å². The van der Waals surface area contributed by atoms with Crippen molar-refractivity contribution in [2.75, 3.05) is 0 Å². The van der Waals surface area contributed by atoms with Gasteiger partial charge in [0.2, 0.25) is 17.7 Å². The Morgan fingerprint density at radius 3 is 2.06 bits per heavy atom. The number of aliphatic carboxylic acids is 1. The lowest BCUT2D eigenvalue weighted by atomic mass is 9.99. The fourth-order valence-electron chi connectivity index (χ4n) is 2.87. The van der Waals surface area contributed by atoms with Crippen molar-refractivity contribution < 1.29 is 24.3 Å². The summed E-state index contributed by atoms with van der Waals surface area (Å²) in [6, 6.07) is -3.84. The first-order valence-electron chi connectivity index (χ1n) is 10.3. The van der Waals surface area contributed by atoms with E-state index in [2.05, 4.69) is 25.9 Å². The second-order valence-corrected chi connectivity index (χ2v) is 8.39. The maximum Gasteiger partial charge on any atom is 0.326 e. The molecule has 1 rings (SSSR count). The van der Waals surface area contributed by atoms with E-state index in [1.54, 1.807) is 13.8 Å². The molecule has 0 saturated heterocycles. The fraction of sp³-hybridized carbons (Fsp3) is 0.650. The molecule has 0 spiro atoms. The molecule has 0 aliphatic rings. The van der Waals surface area contributed by atoms with Crippen LogP contribution < -0.4 is 21.7 Å². The molecule has 0 radical (unpaired) electrons. The van der Waals surface area contributed by atoms with Crippen LogP contribution >= 0.6 is 0 Å². The van der Waals surface area contributed by atoms with Crippen LogP contribution in [0.2, 0.25) is 0 Å². The lowest BCUT2D eigenvalue weighted by Crippen LogP contribution is -2.58. The molecule has 1 aromatic rings. The van der Waals surface area contributed by atoms with Crippen LogP contribution in [0.15, 0.2) is 12.5 Å². The summed E-state index contributed by atoms with van der Waals surface area (Å²) >= 11 is 0. The Morgan fingerprint density at radius 2 is 1.61 bits per heavy atom. The summed E-state index contributed by atoms with van der Waals surface area (Å²) in [6.45, 7) is 8.77. The van der Waals surface area contributed by atoms with E-state index < -0.39 is 47.9 Å². The zero-order valence-corrected chi connectivity index (χ0v) is 18.6. The molecular formula is C20H34N6O5. The molecule has 4 unspecified atom stereocenters. The molecule has 0 saturated carbocycles. The summed E-state index contributed by atoms with van der Waals surface area (Å²) in [5.41, 5.74) is 6.13. The molecule has 0 bridgehead atoms. The van der Waals surface area contributed by atoms with Gasteiger partial charge in [-0.3, -0.25) is 14.4 Å². The van der Waals surface area contributed by atoms with E-state index in [4.69, 9.17) is 5.73 Å². The van der Waals surface area contributed by atoms with E-state index in [9.17, 15) is 24.3 Å². The number of imidazole rings is 1. The zero-order valence-electron chi connectivity index (χ0n) is 18.6. The monoisotopic (exact) mass is 438 g/mol. The van der Waals surface area contributed by atoms with Gasteiger partial charge in [-0.2, -0.15) is 0 Å². The lowest BCUT2D eigenvalue weighted by molar-refractivity contribution is -0.142. The average Bonchev–Trinajstić information content (AvgIpc) is 3.16. The number of carbonyl (C=O) groups excluding carboxylic acids is 3. The highest BCUT2D eigenvalue weighted by Gasteiger charge is 2.32. The number of aromatic amines is 1. The van der Waals surface area contributed by atoms with E-state index in [1.807, 2.05) is 13.8 Å². The van der Waals surface area contributed by atoms with Crippen LogP contribution in [-0.4, -0.2) is 62.9 Å². The van der Waals surface area contributed by atoms with Crippen LogP contribution in [0.1, 0.15) is 46.7 Å². The van der Waals surface area contributed by atoms with Crippen molar-refractivity contribution in [3.8, 4) is 0 Å². The minimum atomic E-state index is -1.21. The number of carbonyl (C=O) groups is 4. The highest BCUT2D eigenvalue weighted by molar-refractivity contribution is 5.94. The third-order valence-corrected chi connectivity index (χ3v) is 4.59. The highest BCUT2D eigenvalue weighted by atomic mass is 16.4. The molecule has 1 heterocycles. The van der Waals surface area contributed by atoms with E-state index in [1.165, 1.54) is 19.4 Å². The van der Waals surface area contributed by atoms with E-state index >= 15 is 0 Å². The van der Waals surface area contributed by atoms with Crippen molar-refractivity contribution in [3.63, 3.8) is 0 Å². The number of nitrogens with two attached hydrogens (primary N) is 1. The quantitative estimate of drug-likeness (QED) is 0.255. The fourth-order valence-corrected chi connectivity index (χ4v) is 2.87. The minimum Gasteiger partial charge on any atom is -0.480 e. The first kappa shape index (κ1) is 26.1. The predicted octanol–water partition coefficient (Wildman–Crippen LogP) is -0.459. The van der Waals surface area contributed by atoms with Crippen molar-refractivity contribution >= 4 is 23.7 Å². The molecule has 11 nitrogen and oxygen atoms in total. The topological polar surface area (TPSA) is 179 Å². The summed E-state index contributed by atoms with van der Waals surface area (Å²) < 4.78 is 0. The summed E-state index contributed by atoms with van der Waals surface area (Å²) in [5, 5.41) is 17.2. The first-order valence-corrected chi connectivity index (χ1v) is 10.3. The largest absolute Gasteiger partial charge is 0.480 e. The Hall–Kier alpha value is -2.95. The number of hydrogen-bond donors (Lipinski definition) is 6. The number of carboxylic acid groups (broad SMARTS) is 1. The summed E-state index contributed by atoms with van der Waals surface area (Å²) in [7, 11) is 0. The van der Waals surface area contributed by atoms with E-state index in [-0.39, 0.29) is 18.3 Å². The molecule has 0 aromatic carbocycles. The standard InChI is InChI=1S/C20H34N6O5/c1-10(2)6-14(24-17(27)12(5)21)18(28)26-16(11(3)4)19(29)25-15(20(30)31)7-13-8-22-9-23-13/h8-12,14-16H,6-7,21H2,1-5H3,(H,22,23)(H,24,27)(H,25,29)(H,26,28)(H,30,31). The van der Waals surface area contributed by atoms with Crippen LogP contribution in [0, 0.1) is 11.8 Å². The second-order valence-electron chi connectivity index (χ2n) is 8.39. The average molecular weight is 439 g/mol. The second kappa shape index (κ2) is 12.0. The Labute approximate surface area is 181 Å². The molecule has 0 aliphatic carbocycles. The van der Waals surface area contributed by atoms with Crippen LogP contribution in [-0.2, 0) is 25.6 Å². The number of aromatic nitrogens is 2. The number of H-pyrrole nitrogens is 1. The van der Waals surface area contributed by atoms with Crippen molar-refractivity contribution in [3.05, 3.63) is 18.2 Å². The van der Waals surface area contributed by atoms with E-state index in [0.29, 0.717) is 12.1 Å². The van der Waals surface area contributed by atoms with Crippen LogP contribution in [0.5, 0.6) is 0 Å². The van der Waals surface area contributed by atoms with Crippen molar-refractivity contribution in [2.45, 2.75) is 71.6 Å². The zero-order chi connectivity index (χ0) is 23.7. The third-order valence-electron chi connectivity index (χ3n) is 4.59. The molecule has 1 aromatic heterocycles. The summed E-state index contributed by atoms with van der Waals surface area (Å²) in [5.74, 6) is -3.07. The third kappa shape index (κ3) is 8.75. The molecular weight excluding hydrogens is 404 g/mol. The number of nitrogens with zero attached hydrogens (tertiary/aromatic N) is 1. The highest BCUT2D eigenvalue weighted by Crippen LogP contribution is 2.09. The molecule has 11 heteroatoms. The number of rotatable bonds is 12. The summed E-state index contributed by atoms with van der Waals surface area (Å²) in [6.07, 6.45) is 3.26. The van der Waals surface area contributed by atoms with Gasteiger partial charge in [-0.05, 0) is 25.2 Å². The maximum atomic E-state index is 12.9. The Kier molecular flexibility index (Phi) is 10.1. The maximum absolute atomic E-state index is 12.9. The number of amides is 3. The Bertz CT molecular complexity index is 747.